The first-order valence-electron chi connectivity index (χ1n) is 5.75. The predicted molar refractivity (Wildman–Crippen MR) is 67.2 cm³/mol. The number of aliphatic hydroxyl groups excluding tert-OH is 1. The molecule has 1 aliphatic heterocycles. The SMILES string of the molecule is Cc1ccc(S(=O)(=O)N2CC[C@H](O)C2)cc1[N+](=O)[O-]. The van der Waals surface area contributed by atoms with Crippen molar-refractivity contribution < 1.29 is 18.4 Å². The van der Waals surface area contributed by atoms with E-state index in [2.05, 4.69) is 0 Å². The van der Waals surface area contributed by atoms with E-state index in [4.69, 9.17) is 0 Å². The second-order valence-electron chi connectivity index (χ2n) is 4.51. The Morgan fingerprint density at radius 2 is 2.16 bits per heavy atom. The lowest BCUT2D eigenvalue weighted by atomic mass is 10.2. The van der Waals surface area contributed by atoms with Crippen LogP contribution >= 0.6 is 0 Å². The van der Waals surface area contributed by atoms with Crippen LogP contribution in [0.5, 0.6) is 0 Å². The lowest BCUT2D eigenvalue weighted by molar-refractivity contribution is -0.385. The zero-order valence-corrected chi connectivity index (χ0v) is 11.1. The highest BCUT2D eigenvalue weighted by Gasteiger charge is 2.32. The molecule has 104 valence electrons. The molecule has 1 aliphatic rings. The zero-order chi connectivity index (χ0) is 14.2. The van der Waals surface area contributed by atoms with Crippen LogP contribution in [0.1, 0.15) is 12.0 Å². The first-order valence-corrected chi connectivity index (χ1v) is 7.19. The van der Waals surface area contributed by atoms with Gasteiger partial charge < -0.3 is 5.11 Å². The lowest BCUT2D eigenvalue weighted by Crippen LogP contribution is -2.29. The Bertz CT molecular complexity index is 614. The highest BCUT2D eigenvalue weighted by atomic mass is 32.2. The van der Waals surface area contributed by atoms with Gasteiger partial charge in [0.25, 0.3) is 5.69 Å². The van der Waals surface area contributed by atoms with Gasteiger partial charge in [0.05, 0.1) is 15.9 Å². The molecule has 1 aromatic rings. The number of hydrogen-bond donors (Lipinski definition) is 1. The van der Waals surface area contributed by atoms with Gasteiger partial charge in [-0.2, -0.15) is 4.31 Å². The summed E-state index contributed by atoms with van der Waals surface area (Å²) in [6.07, 6.45) is -0.289. The van der Waals surface area contributed by atoms with Crippen LogP contribution in [0.15, 0.2) is 23.1 Å². The largest absolute Gasteiger partial charge is 0.392 e. The van der Waals surface area contributed by atoms with E-state index >= 15 is 0 Å². The molecule has 0 bridgehead atoms. The Balaban J connectivity index is 2.41. The van der Waals surface area contributed by atoms with Crippen molar-refractivity contribution in [2.45, 2.75) is 24.3 Å². The molecule has 1 saturated heterocycles. The van der Waals surface area contributed by atoms with E-state index in [-0.39, 0.29) is 23.7 Å². The molecule has 0 spiro atoms. The van der Waals surface area contributed by atoms with Crippen molar-refractivity contribution in [1.82, 2.24) is 4.31 Å². The van der Waals surface area contributed by atoms with Crippen LogP contribution in [-0.2, 0) is 10.0 Å². The third kappa shape index (κ3) is 2.60. The molecule has 8 heteroatoms. The molecule has 2 rings (SSSR count). The Morgan fingerprint density at radius 3 is 2.68 bits per heavy atom. The van der Waals surface area contributed by atoms with E-state index < -0.39 is 21.1 Å². The number of nitro benzene ring substituents is 1. The van der Waals surface area contributed by atoms with Gasteiger partial charge >= 0.3 is 0 Å². The molecule has 1 atom stereocenters. The van der Waals surface area contributed by atoms with Crippen molar-refractivity contribution in [3.63, 3.8) is 0 Å². The van der Waals surface area contributed by atoms with Crippen molar-refractivity contribution in [3.8, 4) is 0 Å². The summed E-state index contributed by atoms with van der Waals surface area (Å²) in [5, 5.41) is 20.2. The molecule has 0 aliphatic carbocycles. The smallest absolute Gasteiger partial charge is 0.273 e. The molecule has 1 N–H and O–H groups in total. The minimum absolute atomic E-state index is 0.0318. The molecule has 7 nitrogen and oxygen atoms in total. The molecule has 19 heavy (non-hydrogen) atoms. The maximum atomic E-state index is 12.3. The van der Waals surface area contributed by atoms with E-state index in [1.807, 2.05) is 0 Å². The van der Waals surface area contributed by atoms with E-state index in [9.17, 15) is 23.6 Å². The first kappa shape index (κ1) is 13.9. The summed E-state index contributed by atoms with van der Waals surface area (Å²) in [4.78, 5) is 10.1. The molecule has 0 amide bonds. The minimum Gasteiger partial charge on any atom is -0.392 e. The average molecular weight is 286 g/mol. The monoisotopic (exact) mass is 286 g/mol. The van der Waals surface area contributed by atoms with E-state index in [1.54, 1.807) is 6.92 Å². The summed E-state index contributed by atoms with van der Waals surface area (Å²) >= 11 is 0. The third-order valence-corrected chi connectivity index (χ3v) is 5.00. The third-order valence-electron chi connectivity index (χ3n) is 3.14. The summed E-state index contributed by atoms with van der Waals surface area (Å²) < 4.78 is 25.7. The van der Waals surface area contributed by atoms with Gasteiger partial charge in [-0.3, -0.25) is 10.1 Å². The Morgan fingerprint density at radius 1 is 1.47 bits per heavy atom. The summed E-state index contributed by atoms with van der Waals surface area (Å²) in [6, 6.07) is 3.83. The summed E-state index contributed by atoms with van der Waals surface area (Å²) in [5.41, 5.74) is 0.186. The van der Waals surface area contributed by atoms with Crippen molar-refractivity contribution in [1.29, 1.82) is 0 Å². The molecule has 0 unspecified atom stereocenters. The minimum atomic E-state index is -3.78. The van der Waals surface area contributed by atoms with Crippen LogP contribution in [0.3, 0.4) is 0 Å². The molecular formula is C11H14N2O5S. The van der Waals surface area contributed by atoms with Crippen molar-refractivity contribution in [2.75, 3.05) is 13.1 Å². The second kappa shape index (κ2) is 4.87. The number of nitrogens with zero attached hydrogens (tertiary/aromatic N) is 2. The topological polar surface area (TPSA) is 101 Å². The van der Waals surface area contributed by atoms with Crippen LogP contribution in [-0.4, -0.2) is 41.9 Å². The van der Waals surface area contributed by atoms with Gasteiger partial charge in [-0.1, -0.05) is 6.07 Å². The molecule has 1 heterocycles. The maximum Gasteiger partial charge on any atom is 0.273 e. The standard InChI is InChI=1S/C11H14N2O5S/c1-8-2-3-10(6-11(8)13(15)16)19(17,18)12-5-4-9(14)7-12/h2-3,6,9,14H,4-5,7H2,1H3/t9-/m0/s1. The van der Waals surface area contributed by atoms with Crippen LogP contribution < -0.4 is 0 Å². The molecular weight excluding hydrogens is 272 g/mol. The second-order valence-corrected chi connectivity index (χ2v) is 6.45. The van der Waals surface area contributed by atoms with Crippen molar-refractivity contribution >= 4 is 15.7 Å². The fraction of sp³-hybridized carbons (Fsp3) is 0.455. The van der Waals surface area contributed by atoms with E-state index in [1.165, 1.54) is 12.1 Å². The normalized spacial score (nSPS) is 20.6. The van der Waals surface area contributed by atoms with Crippen molar-refractivity contribution in [3.05, 3.63) is 33.9 Å². The van der Waals surface area contributed by atoms with E-state index in [0.29, 0.717) is 12.0 Å². The lowest BCUT2D eigenvalue weighted by Gasteiger charge is -2.15. The van der Waals surface area contributed by atoms with Crippen LogP contribution in [0.25, 0.3) is 0 Å². The number of benzene rings is 1. The molecule has 1 aromatic carbocycles. The van der Waals surface area contributed by atoms with Gasteiger partial charge in [-0.25, -0.2) is 8.42 Å². The number of rotatable bonds is 3. The predicted octanol–water partition coefficient (Wildman–Crippen LogP) is 0.659. The van der Waals surface area contributed by atoms with Crippen molar-refractivity contribution in [2.24, 2.45) is 0 Å². The van der Waals surface area contributed by atoms with E-state index in [0.717, 1.165) is 10.4 Å². The quantitative estimate of drug-likeness (QED) is 0.649. The van der Waals surface area contributed by atoms with Crippen LogP contribution in [0.4, 0.5) is 5.69 Å². The van der Waals surface area contributed by atoms with Gasteiger partial charge in [-0.05, 0) is 19.4 Å². The fourth-order valence-electron chi connectivity index (χ4n) is 2.02. The molecule has 1 fully saturated rings. The first-order chi connectivity index (χ1) is 8.82. The van der Waals surface area contributed by atoms with Gasteiger partial charge in [0.2, 0.25) is 10.0 Å². The summed E-state index contributed by atoms with van der Waals surface area (Å²) in [6.45, 7) is 1.81. The highest BCUT2D eigenvalue weighted by Crippen LogP contribution is 2.26. The molecule has 0 aromatic heterocycles. The zero-order valence-electron chi connectivity index (χ0n) is 10.3. The maximum absolute atomic E-state index is 12.3. The van der Waals surface area contributed by atoms with Crippen LogP contribution in [0, 0.1) is 17.0 Å². The number of hydrogen-bond acceptors (Lipinski definition) is 5. The van der Waals surface area contributed by atoms with Gasteiger partial charge in [-0.15, -0.1) is 0 Å². The van der Waals surface area contributed by atoms with Gasteiger partial charge in [0.1, 0.15) is 0 Å². The molecule has 0 radical (unpaired) electrons. The number of β-amino-alcohol motifs (C(OH)–C–C–N with tert-alkyl or cyclic N) is 1. The number of aryl methyl sites for hydroxylation is 1. The highest BCUT2D eigenvalue weighted by molar-refractivity contribution is 7.89. The number of aliphatic hydroxyl groups is 1. The van der Waals surface area contributed by atoms with Gasteiger partial charge in [0, 0.05) is 24.7 Å². The number of sulfonamides is 1. The number of nitro groups is 1. The Labute approximate surface area is 110 Å². The Kier molecular flexibility index (Phi) is 3.57. The Hall–Kier alpha value is -1.51. The van der Waals surface area contributed by atoms with Crippen LogP contribution in [0.2, 0.25) is 0 Å². The molecule has 0 saturated carbocycles. The fourth-order valence-corrected chi connectivity index (χ4v) is 3.54. The van der Waals surface area contributed by atoms with Gasteiger partial charge in [0.15, 0.2) is 0 Å². The average Bonchev–Trinajstić information content (AvgIpc) is 2.76. The summed E-state index contributed by atoms with van der Waals surface area (Å²) in [7, 11) is -3.78. The summed E-state index contributed by atoms with van der Waals surface area (Å²) in [5.74, 6) is 0.